The van der Waals surface area contributed by atoms with Crippen LogP contribution in [-0.4, -0.2) is 23.1 Å². The van der Waals surface area contributed by atoms with E-state index in [0.717, 1.165) is 0 Å². The number of esters is 1. The molecule has 0 spiro atoms. The number of carbonyl (C=O) groups is 1. The van der Waals surface area contributed by atoms with E-state index >= 15 is 0 Å². The minimum Gasteiger partial charge on any atom is -0.422 e. The first kappa shape index (κ1) is 18.7. The summed E-state index contributed by atoms with van der Waals surface area (Å²) in [7, 11) is 0. The second-order valence-corrected chi connectivity index (χ2v) is 7.84. The topological polar surface area (TPSA) is 80.9 Å². The van der Waals surface area contributed by atoms with Gasteiger partial charge in [0, 0.05) is 10.9 Å². The third-order valence-electron chi connectivity index (χ3n) is 2.97. The van der Waals surface area contributed by atoms with Gasteiger partial charge in [-0.2, -0.15) is 0 Å². The zero-order valence-electron chi connectivity index (χ0n) is 15.5. The standard InChI is InChI=1S/C19H24N2O4/c1-18(2,3)20-17(21-19(4,5)6)25-16(23)13-11-12-9-7-8-10-14(12)24-15(13)22/h7-11H,1-6H3,(H,20,21). The number of hydrogen-bond donors (Lipinski definition) is 1. The Kier molecular flexibility index (Phi) is 5.02. The summed E-state index contributed by atoms with van der Waals surface area (Å²) in [6.45, 7) is 11.4. The number of para-hydroxylation sites is 1. The molecule has 0 fully saturated rings. The van der Waals surface area contributed by atoms with E-state index in [1.54, 1.807) is 24.3 Å². The Morgan fingerprint density at radius 2 is 1.76 bits per heavy atom. The molecule has 25 heavy (non-hydrogen) atoms. The van der Waals surface area contributed by atoms with Gasteiger partial charge in [-0.05, 0) is 53.7 Å². The first-order valence-electron chi connectivity index (χ1n) is 8.08. The molecule has 0 unspecified atom stereocenters. The highest BCUT2D eigenvalue weighted by molar-refractivity contribution is 5.99. The van der Waals surface area contributed by atoms with E-state index in [4.69, 9.17) is 9.15 Å². The lowest BCUT2D eigenvalue weighted by Crippen LogP contribution is -2.44. The van der Waals surface area contributed by atoms with Crippen LogP contribution in [0.3, 0.4) is 0 Å². The Bertz CT molecular complexity index is 867. The van der Waals surface area contributed by atoms with Crippen molar-refractivity contribution >= 4 is 23.0 Å². The van der Waals surface area contributed by atoms with E-state index in [1.807, 2.05) is 41.5 Å². The summed E-state index contributed by atoms with van der Waals surface area (Å²) in [5.74, 6) is -0.806. The van der Waals surface area contributed by atoms with Crippen LogP contribution in [0.25, 0.3) is 11.0 Å². The third-order valence-corrected chi connectivity index (χ3v) is 2.97. The van der Waals surface area contributed by atoms with Crippen molar-refractivity contribution in [2.45, 2.75) is 52.6 Å². The van der Waals surface area contributed by atoms with Gasteiger partial charge in [-0.25, -0.2) is 14.6 Å². The summed E-state index contributed by atoms with van der Waals surface area (Å²) in [5, 5.41) is 3.69. The predicted molar refractivity (Wildman–Crippen MR) is 98.0 cm³/mol. The first-order valence-corrected chi connectivity index (χ1v) is 8.08. The molecule has 0 amide bonds. The lowest BCUT2D eigenvalue weighted by molar-refractivity contribution is 0.0698. The molecule has 2 aromatic rings. The highest BCUT2D eigenvalue weighted by Gasteiger charge is 2.22. The maximum absolute atomic E-state index is 12.5. The van der Waals surface area contributed by atoms with Crippen molar-refractivity contribution in [3.8, 4) is 0 Å². The molecule has 0 aliphatic heterocycles. The van der Waals surface area contributed by atoms with Gasteiger partial charge in [-0.15, -0.1) is 0 Å². The molecule has 1 aromatic heterocycles. The molecule has 134 valence electrons. The maximum atomic E-state index is 12.5. The Hall–Kier alpha value is -2.63. The summed E-state index contributed by atoms with van der Waals surface area (Å²) in [4.78, 5) is 29.0. The van der Waals surface area contributed by atoms with Gasteiger partial charge in [0.2, 0.25) is 0 Å². The fourth-order valence-electron chi connectivity index (χ4n) is 2.05. The minimum atomic E-state index is -0.806. The van der Waals surface area contributed by atoms with Crippen LogP contribution >= 0.6 is 0 Å². The summed E-state index contributed by atoms with van der Waals surface area (Å²) in [6.07, 6.45) is 0. The van der Waals surface area contributed by atoms with Crippen molar-refractivity contribution in [1.29, 1.82) is 0 Å². The SMILES string of the molecule is CC(C)(C)N=C(NC(C)(C)C)OC(=O)c1cc2ccccc2oc1=O. The molecule has 2 rings (SSSR count). The Labute approximate surface area is 146 Å². The lowest BCUT2D eigenvalue weighted by Gasteiger charge is -2.24. The average molecular weight is 344 g/mol. The van der Waals surface area contributed by atoms with Crippen LogP contribution in [0.2, 0.25) is 0 Å². The molecule has 0 bridgehead atoms. The predicted octanol–water partition coefficient (Wildman–Crippen LogP) is 3.49. The van der Waals surface area contributed by atoms with Crippen LogP contribution < -0.4 is 10.9 Å². The van der Waals surface area contributed by atoms with Crippen molar-refractivity contribution in [3.05, 3.63) is 46.3 Å². The second kappa shape index (κ2) is 6.70. The van der Waals surface area contributed by atoms with Gasteiger partial charge in [0.1, 0.15) is 11.1 Å². The third kappa shape index (κ3) is 5.45. The second-order valence-electron chi connectivity index (χ2n) is 7.84. The van der Waals surface area contributed by atoms with Crippen LogP contribution in [-0.2, 0) is 4.74 Å². The van der Waals surface area contributed by atoms with Crippen LogP contribution in [0.4, 0.5) is 0 Å². The Morgan fingerprint density at radius 3 is 2.36 bits per heavy atom. The van der Waals surface area contributed by atoms with Crippen LogP contribution in [0.5, 0.6) is 0 Å². The van der Waals surface area contributed by atoms with E-state index < -0.39 is 17.1 Å². The molecule has 0 atom stereocenters. The molecule has 1 aromatic carbocycles. The van der Waals surface area contributed by atoms with Crippen molar-refractivity contribution in [3.63, 3.8) is 0 Å². The van der Waals surface area contributed by atoms with E-state index in [0.29, 0.717) is 11.0 Å². The number of rotatable bonds is 1. The average Bonchev–Trinajstić information content (AvgIpc) is 2.42. The molecule has 6 nitrogen and oxygen atoms in total. The number of nitrogens with zero attached hydrogens (tertiary/aromatic N) is 1. The van der Waals surface area contributed by atoms with Crippen molar-refractivity contribution < 1.29 is 13.9 Å². The first-order chi connectivity index (χ1) is 11.4. The minimum absolute atomic E-state index is 0.0672. The van der Waals surface area contributed by atoms with Crippen LogP contribution in [0.1, 0.15) is 51.9 Å². The largest absolute Gasteiger partial charge is 0.422 e. The van der Waals surface area contributed by atoms with E-state index in [-0.39, 0.29) is 17.1 Å². The monoisotopic (exact) mass is 344 g/mol. The summed E-state index contributed by atoms with van der Waals surface area (Å²) in [6, 6.07) is 8.51. The molecular formula is C19H24N2O4. The quantitative estimate of drug-likeness (QED) is 0.371. The Balaban J connectivity index is 2.37. The summed E-state index contributed by atoms with van der Waals surface area (Å²) in [5.41, 5.74) is -1.31. The highest BCUT2D eigenvalue weighted by Crippen LogP contribution is 2.14. The van der Waals surface area contributed by atoms with Gasteiger partial charge in [-0.1, -0.05) is 18.2 Å². The molecule has 1 N–H and O–H groups in total. The summed E-state index contributed by atoms with van der Waals surface area (Å²) >= 11 is 0. The molecule has 6 heteroatoms. The smallest absolute Gasteiger partial charge is 0.353 e. The highest BCUT2D eigenvalue weighted by atomic mass is 16.6. The maximum Gasteiger partial charge on any atom is 0.353 e. The molecule has 0 saturated heterocycles. The fraction of sp³-hybridized carbons (Fsp3) is 0.421. The molecule has 0 radical (unpaired) electrons. The number of hydrogen-bond acceptors (Lipinski definition) is 5. The summed E-state index contributed by atoms with van der Waals surface area (Å²) < 4.78 is 10.5. The van der Waals surface area contributed by atoms with Gasteiger partial charge < -0.3 is 14.5 Å². The van der Waals surface area contributed by atoms with Gasteiger partial charge in [0.25, 0.3) is 6.02 Å². The molecule has 0 saturated carbocycles. The zero-order valence-corrected chi connectivity index (χ0v) is 15.5. The number of ether oxygens (including phenoxy) is 1. The van der Waals surface area contributed by atoms with Crippen LogP contribution in [0.15, 0.2) is 44.5 Å². The van der Waals surface area contributed by atoms with Crippen molar-refractivity contribution in [2.24, 2.45) is 4.99 Å². The van der Waals surface area contributed by atoms with Crippen molar-refractivity contribution in [2.75, 3.05) is 0 Å². The van der Waals surface area contributed by atoms with Gasteiger partial charge in [0.15, 0.2) is 0 Å². The number of carbonyl (C=O) groups excluding carboxylic acids is 1. The lowest BCUT2D eigenvalue weighted by atomic mass is 10.1. The molecule has 1 heterocycles. The molecular weight excluding hydrogens is 320 g/mol. The van der Waals surface area contributed by atoms with Crippen molar-refractivity contribution in [1.82, 2.24) is 5.32 Å². The zero-order chi connectivity index (χ0) is 18.8. The Morgan fingerprint density at radius 1 is 1.12 bits per heavy atom. The normalized spacial score (nSPS) is 13.0. The number of benzene rings is 1. The van der Waals surface area contributed by atoms with E-state index in [2.05, 4.69) is 10.3 Å². The number of aliphatic imine (C=N–C) groups is 1. The van der Waals surface area contributed by atoms with Gasteiger partial charge in [-0.3, -0.25) is 0 Å². The fourth-order valence-corrected chi connectivity index (χ4v) is 2.05. The van der Waals surface area contributed by atoms with Gasteiger partial charge >= 0.3 is 11.6 Å². The molecule has 0 aliphatic rings. The van der Waals surface area contributed by atoms with E-state index in [1.165, 1.54) is 6.07 Å². The number of amidine groups is 1. The number of nitrogens with one attached hydrogen (secondary N) is 1. The molecule has 0 aliphatic carbocycles. The number of fused-ring (bicyclic) bond motifs is 1. The van der Waals surface area contributed by atoms with Crippen LogP contribution in [0, 0.1) is 0 Å². The van der Waals surface area contributed by atoms with E-state index in [9.17, 15) is 9.59 Å². The van der Waals surface area contributed by atoms with Gasteiger partial charge in [0.05, 0.1) is 5.54 Å².